The molecule has 1 rings (SSSR count). The fourth-order valence-corrected chi connectivity index (χ4v) is 2.06. The minimum absolute atomic E-state index is 0.149. The third-order valence-electron chi connectivity index (χ3n) is 2.06. The lowest BCUT2D eigenvalue weighted by Gasteiger charge is -2.13. The first-order chi connectivity index (χ1) is 7.77. The molecule has 16 heavy (non-hydrogen) atoms. The summed E-state index contributed by atoms with van der Waals surface area (Å²) in [6.07, 6.45) is 1.09. The fraction of sp³-hybridized carbons (Fsp3) is 0.364. The summed E-state index contributed by atoms with van der Waals surface area (Å²) in [6.45, 7) is 4.68. The molecule has 0 saturated heterocycles. The quantitative estimate of drug-likeness (QED) is 0.744. The van der Waals surface area contributed by atoms with Crippen LogP contribution in [0.2, 0.25) is 0 Å². The van der Waals surface area contributed by atoms with Gasteiger partial charge in [0.25, 0.3) is 0 Å². The molecular weight excluding hydrogens is 224 g/mol. The number of hydrogen-bond donors (Lipinski definition) is 2. The molecule has 0 bridgehead atoms. The van der Waals surface area contributed by atoms with Crippen molar-refractivity contribution in [1.29, 1.82) is 0 Å². The Labute approximate surface area is 99.1 Å². The van der Waals surface area contributed by atoms with Gasteiger partial charge in [0.2, 0.25) is 0 Å². The van der Waals surface area contributed by atoms with E-state index in [4.69, 9.17) is 10.5 Å². The maximum absolute atomic E-state index is 11.2. The van der Waals surface area contributed by atoms with Gasteiger partial charge in [-0.2, -0.15) is 0 Å². The molecule has 0 fully saturated rings. The summed E-state index contributed by atoms with van der Waals surface area (Å²) in [6, 6.07) is 3.98. The van der Waals surface area contributed by atoms with Crippen molar-refractivity contribution < 1.29 is 9.53 Å². The van der Waals surface area contributed by atoms with E-state index in [1.54, 1.807) is 11.3 Å². The summed E-state index contributed by atoms with van der Waals surface area (Å²) in [7, 11) is 0. The van der Waals surface area contributed by atoms with E-state index in [9.17, 15) is 4.79 Å². The average Bonchev–Trinajstić information content (AvgIpc) is 2.81. The van der Waals surface area contributed by atoms with Crippen LogP contribution < -0.4 is 11.1 Å². The van der Waals surface area contributed by atoms with E-state index < -0.39 is 6.09 Å². The van der Waals surface area contributed by atoms with Crippen LogP contribution in [0.4, 0.5) is 4.79 Å². The topological polar surface area (TPSA) is 64.3 Å². The van der Waals surface area contributed by atoms with Gasteiger partial charge in [-0.1, -0.05) is 18.7 Å². The Morgan fingerprint density at radius 1 is 1.75 bits per heavy atom. The average molecular weight is 240 g/mol. The number of rotatable bonds is 6. The minimum Gasteiger partial charge on any atom is -0.445 e. The minimum atomic E-state index is -0.435. The number of amides is 1. The van der Waals surface area contributed by atoms with Crippen molar-refractivity contribution in [2.24, 2.45) is 5.73 Å². The van der Waals surface area contributed by atoms with Gasteiger partial charge in [-0.15, -0.1) is 11.3 Å². The van der Waals surface area contributed by atoms with Crippen LogP contribution in [0.25, 0.3) is 0 Å². The van der Waals surface area contributed by atoms with Crippen LogP contribution in [0, 0.1) is 0 Å². The Bertz CT molecular complexity index is 325. The van der Waals surface area contributed by atoms with Crippen LogP contribution in [-0.4, -0.2) is 25.8 Å². The normalized spacial score (nSPS) is 11.8. The van der Waals surface area contributed by atoms with Gasteiger partial charge in [0.05, 0.1) is 0 Å². The number of hydrogen-bond acceptors (Lipinski definition) is 4. The zero-order valence-electron chi connectivity index (χ0n) is 9.02. The van der Waals surface area contributed by atoms with Crippen molar-refractivity contribution in [3.05, 3.63) is 35.0 Å². The first-order valence-electron chi connectivity index (χ1n) is 5.03. The van der Waals surface area contributed by atoms with Gasteiger partial charge in [-0.05, 0) is 11.4 Å². The van der Waals surface area contributed by atoms with Crippen LogP contribution in [-0.2, 0) is 4.74 Å². The second-order valence-electron chi connectivity index (χ2n) is 3.22. The molecule has 1 heterocycles. The van der Waals surface area contributed by atoms with Crippen molar-refractivity contribution in [2.45, 2.75) is 5.92 Å². The number of nitrogens with two attached hydrogens (primary N) is 1. The smallest absolute Gasteiger partial charge is 0.407 e. The molecule has 1 atom stereocenters. The zero-order chi connectivity index (χ0) is 11.8. The first kappa shape index (κ1) is 12.7. The second kappa shape index (κ2) is 7.03. The van der Waals surface area contributed by atoms with Crippen LogP contribution in [0.1, 0.15) is 10.8 Å². The molecule has 0 unspecified atom stereocenters. The van der Waals surface area contributed by atoms with Crippen molar-refractivity contribution in [2.75, 3.05) is 19.7 Å². The Morgan fingerprint density at radius 3 is 3.12 bits per heavy atom. The lowest BCUT2D eigenvalue weighted by atomic mass is 10.1. The van der Waals surface area contributed by atoms with Crippen molar-refractivity contribution in [3.63, 3.8) is 0 Å². The summed E-state index contributed by atoms with van der Waals surface area (Å²) < 4.78 is 4.80. The zero-order valence-corrected chi connectivity index (χ0v) is 9.83. The fourth-order valence-electron chi connectivity index (χ4n) is 1.22. The molecule has 0 radical (unpaired) electrons. The van der Waals surface area contributed by atoms with E-state index in [1.165, 1.54) is 11.0 Å². The summed E-state index contributed by atoms with van der Waals surface area (Å²) >= 11 is 1.64. The third kappa shape index (κ3) is 4.04. The molecule has 5 heteroatoms. The Hall–Kier alpha value is -1.33. The predicted molar refractivity (Wildman–Crippen MR) is 65.7 cm³/mol. The summed E-state index contributed by atoms with van der Waals surface area (Å²) in [5.41, 5.74) is 5.65. The van der Waals surface area contributed by atoms with Crippen LogP contribution in [0.3, 0.4) is 0 Å². The summed E-state index contributed by atoms with van der Waals surface area (Å²) in [5.74, 6) is 0.149. The molecule has 4 nitrogen and oxygen atoms in total. The largest absolute Gasteiger partial charge is 0.445 e. The Balaban J connectivity index is 2.34. The molecule has 0 aliphatic carbocycles. The Kier molecular flexibility index (Phi) is 5.60. The van der Waals surface area contributed by atoms with E-state index in [1.807, 2.05) is 17.5 Å². The number of nitrogens with one attached hydrogen (secondary N) is 1. The van der Waals surface area contributed by atoms with Gasteiger partial charge in [-0.25, -0.2) is 4.79 Å². The van der Waals surface area contributed by atoms with Gasteiger partial charge in [0, 0.05) is 23.9 Å². The van der Waals surface area contributed by atoms with Gasteiger partial charge >= 0.3 is 6.09 Å². The van der Waals surface area contributed by atoms with Gasteiger partial charge in [0.15, 0.2) is 0 Å². The van der Waals surface area contributed by atoms with Crippen LogP contribution in [0.15, 0.2) is 30.2 Å². The summed E-state index contributed by atoms with van der Waals surface area (Å²) in [5, 5.41) is 4.67. The lowest BCUT2D eigenvalue weighted by Crippen LogP contribution is -2.31. The highest BCUT2D eigenvalue weighted by molar-refractivity contribution is 7.10. The second-order valence-corrected chi connectivity index (χ2v) is 4.20. The molecule has 0 aliphatic heterocycles. The third-order valence-corrected chi connectivity index (χ3v) is 3.09. The van der Waals surface area contributed by atoms with E-state index in [0.29, 0.717) is 13.1 Å². The molecule has 1 aromatic rings. The maximum Gasteiger partial charge on any atom is 0.407 e. The molecule has 1 aromatic heterocycles. The molecule has 0 saturated carbocycles. The van der Waals surface area contributed by atoms with E-state index in [-0.39, 0.29) is 12.5 Å². The highest BCUT2D eigenvalue weighted by atomic mass is 32.1. The van der Waals surface area contributed by atoms with Crippen molar-refractivity contribution >= 4 is 17.4 Å². The number of ether oxygens (including phenoxy) is 1. The molecule has 88 valence electrons. The molecule has 0 spiro atoms. The van der Waals surface area contributed by atoms with E-state index in [2.05, 4.69) is 11.9 Å². The maximum atomic E-state index is 11.2. The van der Waals surface area contributed by atoms with E-state index in [0.717, 1.165) is 0 Å². The Morgan fingerprint density at radius 2 is 2.56 bits per heavy atom. The molecule has 1 amide bonds. The molecular formula is C11H16N2O2S. The molecule has 0 aliphatic rings. The van der Waals surface area contributed by atoms with Crippen LogP contribution >= 0.6 is 11.3 Å². The SMILES string of the molecule is C=CCOC(=O)NC[C@@H](CN)c1cccs1. The highest BCUT2D eigenvalue weighted by Crippen LogP contribution is 2.19. The molecule has 0 aromatic carbocycles. The standard InChI is InChI=1S/C11H16N2O2S/c1-2-5-15-11(14)13-8-9(7-12)10-4-3-6-16-10/h2-4,6,9H,1,5,7-8,12H2,(H,13,14)/t9-/m1/s1. The van der Waals surface area contributed by atoms with Crippen LogP contribution in [0.5, 0.6) is 0 Å². The van der Waals surface area contributed by atoms with Crippen molar-refractivity contribution in [1.82, 2.24) is 5.32 Å². The number of carbonyl (C=O) groups is 1. The van der Waals surface area contributed by atoms with Gasteiger partial charge in [0.1, 0.15) is 6.61 Å². The van der Waals surface area contributed by atoms with Crippen molar-refractivity contribution in [3.8, 4) is 0 Å². The highest BCUT2D eigenvalue weighted by Gasteiger charge is 2.12. The number of alkyl carbamates (subject to hydrolysis) is 1. The van der Waals surface area contributed by atoms with Gasteiger partial charge < -0.3 is 15.8 Å². The lowest BCUT2D eigenvalue weighted by molar-refractivity contribution is 0.158. The number of carbonyl (C=O) groups excluding carboxylic acids is 1. The first-order valence-corrected chi connectivity index (χ1v) is 5.91. The van der Waals surface area contributed by atoms with Gasteiger partial charge in [-0.3, -0.25) is 0 Å². The predicted octanol–water partition coefficient (Wildman–Crippen LogP) is 1.70. The molecule has 3 N–H and O–H groups in total. The van der Waals surface area contributed by atoms with E-state index >= 15 is 0 Å². The summed E-state index contributed by atoms with van der Waals surface area (Å²) in [4.78, 5) is 12.3. The monoisotopic (exact) mass is 240 g/mol. The number of thiophene rings is 1.